The molecule has 0 atom stereocenters. The van der Waals surface area contributed by atoms with Crippen LogP contribution in [0, 0.1) is 17.1 Å². The van der Waals surface area contributed by atoms with Crippen LogP contribution in [-0.2, 0) is 6.54 Å². The summed E-state index contributed by atoms with van der Waals surface area (Å²) < 4.78 is 15.2. The Morgan fingerprint density at radius 2 is 1.95 bits per heavy atom. The summed E-state index contributed by atoms with van der Waals surface area (Å²) in [4.78, 5) is 4.63. The molecule has 0 aliphatic rings. The summed E-state index contributed by atoms with van der Waals surface area (Å²) in [6.45, 7) is 2.93. The topological polar surface area (TPSA) is 41.6 Å². The lowest BCUT2D eigenvalue weighted by molar-refractivity contribution is 0.628. The van der Waals surface area contributed by atoms with E-state index < -0.39 is 0 Å². The molecule has 4 heteroatoms. The second-order valence-electron chi connectivity index (χ2n) is 4.91. The molecular formula is C17H14FN3. The Morgan fingerprint density at radius 3 is 2.62 bits per heavy atom. The highest BCUT2D eigenvalue weighted by Crippen LogP contribution is 2.26. The van der Waals surface area contributed by atoms with E-state index in [0.717, 1.165) is 35.4 Å². The summed E-state index contributed by atoms with van der Waals surface area (Å²) in [5.41, 5.74) is 3.26. The second-order valence-corrected chi connectivity index (χ2v) is 4.91. The Morgan fingerprint density at radius 1 is 1.19 bits per heavy atom. The fourth-order valence-corrected chi connectivity index (χ4v) is 2.47. The molecule has 0 unspecified atom stereocenters. The molecule has 0 radical (unpaired) electrons. The first-order valence-corrected chi connectivity index (χ1v) is 6.89. The number of imidazole rings is 1. The first kappa shape index (κ1) is 13.3. The highest BCUT2D eigenvalue weighted by Gasteiger charge is 2.12. The summed E-state index contributed by atoms with van der Waals surface area (Å²) in [6, 6.07) is 14.0. The molecule has 0 aliphatic heterocycles. The van der Waals surface area contributed by atoms with Gasteiger partial charge in [-0.05, 0) is 48.9 Å². The molecule has 3 aromatic rings. The first-order chi connectivity index (χ1) is 10.2. The van der Waals surface area contributed by atoms with E-state index in [4.69, 9.17) is 5.26 Å². The van der Waals surface area contributed by atoms with Gasteiger partial charge in [0.1, 0.15) is 11.6 Å². The molecule has 0 bridgehead atoms. The average molecular weight is 279 g/mol. The van der Waals surface area contributed by atoms with E-state index in [1.54, 1.807) is 24.3 Å². The van der Waals surface area contributed by atoms with Gasteiger partial charge in [0.25, 0.3) is 0 Å². The Bertz CT molecular complexity index is 826. The van der Waals surface area contributed by atoms with Crippen LogP contribution in [0.5, 0.6) is 0 Å². The Labute approximate surface area is 122 Å². The van der Waals surface area contributed by atoms with Crippen molar-refractivity contribution in [3.05, 3.63) is 53.8 Å². The summed E-state index contributed by atoms with van der Waals surface area (Å²) in [5, 5.41) is 9.00. The Hall–Kier alpha value is -2.67. The fourth-order valence-electron chi connectivity index (χ4n) is 2.47. The predicted molar refractivity (Wildman–Crippen MR) is 80.1 cm³/mol. The molecule has 0 amide bonds. The van der Waals surface area contributed by atoms with Gasteiger partial charge in [0.2, 0.25) is 0 Å². The number of nitriles is 1. The minimum Gasteiger partial charge on any atom is -0.324 e. The number of benzene rings is 2. The fraction of sp³-hybridized carbons (Fsp3) is 0.176. The van der Waals surface area contributed by atoms with E-state index >= 15 is 0 Å². The van der Waals surface area contributed by atoms with E-state index in [-0.39, 0.29) is 5.82 Å². The van der Waals surface area contributed by atoms with Crippen LogP contribution in [0.1, 0.15) is 18.9 Å². The van der Waals surface area contributed by atoms with Crippen molar-refractivity contribution in [3.8, 4) is 17.5 Å². The Balaban J connectivity index is 2.23. The van der Waals surface area contributed by atoms with E-state index in [1.165, 1.54) is 12.1 Å². The monoisotopic (exact) mass is 279 g/mol. The average Bonchev–Trinajstić information content (AvgIpc) is 2.86. The quantitative estimate of drug-likeness (QED) is 0.723. The summed E-state index contributed by atoms with van der Waals surface area (Å²) in [6.07, 6.45) is 0.972. The molecule has 1 aromatic heterocycles. The molecule has 0 aliphatic carbocycles. The molecule has 0 saturated carbocycles. The van der Waals surface area contributed by atoms with Gasteiger partial charge in [-0.25, -0.2) is 9.37 Å². The zero-order valence-corrected chi connectivity index (χ0v) is 11.7. The highest BCUT2D eigenvalue weighted by molar-refractivity contribution is 5.82. The van der Waals surface area contributed by atoms with Gasteiger partial charge in [-0.2, -0.15) is 5.26 Å². The van der Waals surface area contributed by atoms with E-state index in [2.05, 4.69) is 22.5 Å². The van der Waals surface area contributed by atoms with Crippen LogP contribution in [0.25, 0.3) is 22.4 Å². The summed E-state index contributed by atoms with van der Waals surface area (Å²) in [7, 11) is 0. The number of fused-ring (bicyclic) bond motifs is 1. The van der Waals surface area contributed by atoms with Gasteiger partial charge in [0.05, 0.1) is 22.7 Å². The molecular weight excluding hydrogens is 265 g/mol. The van der Waals surface area contributed by atoms with E-state index in [0.29, 0.717) is 5.56 Å². The van der Waals surface area contributed by atoms with Crippen molar-refractivity contribution < 1.29 is 4.39 Å². The van der Waals surface area contributed by atoms with Gasteiger partial charge in [-0.3, -0.25) is 0 Å². The minimum atomic E-state index is -0.260. The van der Waals surface area contributed by atoms with Gasteiger partial charge in [0.15, 0.2) is 0 Å². The molecule has 1 heterocycles. The van der Waals surface area contributed by atoms with Crippen LogP contribution in [0.2, 0.25) is 0 Å². The maximum atomic E-state index is 13.1. The number of halogens is 1. The lowest BCUT2D eigenvalue weighted by Gasteiger charge is -2.07. The third-order valence-corrected chi connectivity index (χ3v) is 3.43. The molecule has 0 N–H and O–H groups in total. The molecule has 21 heavy (non-hydrogen) atoms. The van der Waals surface area contributed by atoms with Crippen LogP contribution in [0.3, 0.4) is 0 Å². The van der Waals surface area contributed by atoms with Crippen LogP contribution >= 0.6 is 0 Å². The van der Waals surface area contributed by atoms with Gasteiger partial charge in [-0.1, -0.05) is 6.92 Å². The first-order valence-electron chi connectivity index (χ1n) is 6.89. The molecule has 3 rings (SSSR count). The van der Waals surface area contributed by atoms with Crippen molar-refractivity contribution in [3.63, 3.8) is 0 Å². The van der Waals surface area contributed by atoms with Gasteiger partial charge >= 0.3 is 0 Å². The van der Waals surface area contributed by atoms with Crippen molar-refractivity contribution in [1.82, 2.24) is 9.55 Å². The maximum Gasteiger partial charge on any atom is 0.141 e. The largest absolute Gasteiger partial charge is 0.324 e. The van der Waals surface area contributed by atoms with Crippen LogP contribution in [0.4, 0.5) is 4.39 Å². The third-order valence-electron chi connectivity index (χ3n) is 3.43. The third kappa shape index (κ3) is 2.38. The number of rotatable bonds is 3. The standard InChI is InChI=1S/C17H14FN3/c1-2-9-21-16-8-3-12(11-19)10-15(16)20-17(21)13-4-6-14(18)7-5-13/h3-8,10H,2,9H2,1H3. The molecule has 0 fully saturated rings. The molecule has 104 valence electrons. The number of aryl methyl sites for hydroxylation is 1. The SMILES string of the molecule is CCCn1c(-c2ccc(F)cc2)nc2cc(C#N)ccc21. The predicted octanol–water partition coefficient (Wildman–Crippen LogP) is 4.12. The van der Waals surface area contributed by atoms with E-state index in [1.807, 2.05) is 6.07 Å². The number of aromatic nitrogens is 2. The molecule has 0 saturated heterocycles. The van der Waals surface area contributed by atoms with Crippen LogP contribution in [-0.4, -0.2) is 9.55 Å². The van der Waals surface area contributed by atoms with Gasteiger partial charge < -0.3 is 4.57 Å². The van der Waals surface area contributed by atoms with Gasteiger partial charge in [0, 0.05) is 12.1 Å². The summed E-state index contributed by atoms with van der Waals surface area (Å²) in [5.74, 6) is 0.547. The van der Waals surface area contributed by atoms with E-state index in [9.17, 15) is 4.39 Å². The normalized spacial score (nSPS) is 10.7. The van der Waals surface area contributed by atoms with Crippen molar-refractivity contribution in [1.29, 1.82) is 5.26 Å². The molecule has 2 aromatic carbocycles. The van der Waals surface area contributed by atoms with Crippen molar-refractivity contribution in [2.24, 2.45) is 0 Å². The van der Waals surface area contributed by atoms with Crippen molar-refractivity contribution in [2.45, 2.75) is 19.9 Å². The second kappa shape index (κ2) is 5.37. The lowest BCUT2D eigenvalue weighted by Crippen LogP contribution is -1.99. The summed E-state index contributed by atoms with van der Waals surface area (Å²) >= 11 is 0. The number of nitrogens with zero attached hydrogens (tertiary/aromatic N) is 3. The minimum absolute atomic E-state index is 0.260. The highest BCUT2D eigenvalue weighted by atomic mass is 19.1. The maximum absolute atomic E-state index is 13.1. The zero-order chi connectivity index (χ0) is 14.8. The van der Waals surface area contributed by atoms with Crippen LogP contribution in [0.15, 0.2) is 42.5 Å². The smallest absolute Gasteiger partial charge is 0.141 e. The Kier molecular flexibility index (Phi) is 3.41. The number of hydrogen-bond donors (Lipinski definition) is 0. The molecule has 3 nitrogen and oxygen atoms in total. The number of hydrogen-bond acceptors (Lipinski definition) is 2. The van der Waals surface area contributed by atoms with Gasteiger partial charge in [-0.15, -0.1) is 0 Å². The zero-order valence-electron chi connectivity index (χ0n) is 11.7. The van der Waals surface area contributed by atoms with Crippen LogP contribution < -0.4 is 0 Å². The van der Waals surface area contributed by atoms with Crippen molar-refractivity contribution >= 4 is 11.0 Å². The lowest BCUT2D eigenvalue weighted by atomic mass is 10.2. The van der Waals surface area contributed by atoms with Crippen molar-refractivity contribution in [2.75, 3.05) is 0 Å². The molecule has 0 spiro atoms.